The molecule has 2 aliphatic heterocycles. The minimum atomic E-state index is -2.73. The van der Waals surface area contributed by atoms with Gasteiger partial charge < -0.3 is 19.3 Å². The Hall–Kier alpha value is -1.45. The van der Waals surface area contributed by atoms with E-state index in [2.05, 4.69) is 16.7 Å². The van der Waals surface area contributed by atoms with Crippen molar-refractivity contribution in [2.24, 2.45) is 0 Å². The van der Waals surface area contributed by atoms with Gasteiger partial charge in [0.1, 0.15) is 5.82 Å². The second-order valence-corrected chi connectivity index (χ2v) is 9.93. The maximum atomic E-state index is 12.7. The smallest absolute Gasteiger partial charge is 0.227 e. The molecule has 1 saturated carbocycles. The molecule has 9 heteroatoms. The third-order valence-corrected chi connectivity index (χ3v) is 7.68. The van der Waals surface area contributed by atoms with Crippen molar-refractivity contribution in [1.29, 1.82) is 4.78 Å². The molecule has 8 nitrogen and oxygen atoms in total. The Morgan fingerprint density at radius 2 is 1.88 bits per heavy atom. The molecule has 0 unspecified atom stereocenters. The number of rotatable bonds is 4. The first-order valence-electron chi connectivity index (χ1n) is 9.21. The van der Waals surface area contributed by atoms with Gasteiger partial charge >= 0.3 is 0 Å². The molecule has 1 aromatic rings. The molecule has 4 rings (SSSR count). The largest absolute Gasteiger partial charge is 0.378 e. The van der Waals surface area contributed by atoms with Crippen LogP contribution in [0.5, 0.6) is 0 Å². The highest BCUT2D eigenvalue weighted by atomic mass is 32.2. The lowest BCUT2D eigenvalue weighted by atomic mass is 10.2. The average molecular weight is 382 g/mol. The maximum absolute atomic E-state index is 12.7. The van der Waals surface area contributed by atoms with Crippen LogP contribution < -0.4 is 9.80 Å². The SMILES string of the molecule is C[C@@H]1COCCN1c1cc(C2([S@](C)(=N)=O)CC2)nc(N2CCOCC2)n1. The number of anilines is 2. The molecule has 3 aliphatic rings. The first-order valence-corrected chi connectivity index (χ1v) is 11.2. The molecular formula is C17H27N5O3S. The quantitative estimate of drug-likeness (QED) is 0.838. The third-order valence-electron chi connectivity index (χ3n) is 5.57. The highest BCUT2D eigenvalue weighted by Crippen LogP contribution is 2.52. The van der Waals surface area contributed by atoms with E-state index in [-0.39, 0.29) is 6.04 Å². The van der Waals surface area contributed by atoms with Crippen LogP contribution in [0.3, 0.4) is 0 Å². The van der Waals surface area contributed by atoms with Gasteiger partial charge in [-0.05, 0) is 19.8 Å². The molecule has 0 radical (unpaired) electrons. The summed E-state index contributed by atoms with van der Waals surface area (Å²) in [6.45, 7) is 7.04. The van der Waals surface area contributed by atoms with E-state index < -0.39 is 14.5 Å². The molecule has 1 N–H and O–H groups in total. The molecule has 0 spiro atoms. The molecule has 1 aromatic heterocycles. The molecule has 26 heavy (non-hydrogen) atoms. The van der Waals surface area contributed by atoms with Crippen molar-refractivity contribution in [3.8, 4) is 0 Å². The first-order chi connectivity index (χ1) is 12.4. The summed E-state index contributed by atoms with van der Waals surface area (Å²) in [7, 11) is -2.73. The lowest BCUT2D eigenvalue weighted by molar-refractivity contribution is 0.0985. The van der Waals surface area contributed by atoms with E-state index in [1.54, 1.807) is 0 Å². The topological polar surface area (TPSA) is 91.6 Å². The minimum absolute atomic E-state index is 0.223. The Labute approximate surface area is 154 Å². The molecule has 0 aromatic carbocycles. The summed E-state index contributed by atoms with van der Waals surface area (Å²) in [4.78, 5) is 14.0. The molecule has 2 saturated heterocycles. The predicted molar refractivity (Wildman–Crippen MR) is 100 cm³/mol. The second-order valence-electron chi connectivity index (χ2n) is 7.47. The zero-order chi connectivity index (χ0) is 18.4. The molecule has 2 atom stereocenters. The van der Waals surface area contributed by atoms with Crippen molar-refractivity contribution < 1.29 is 13.7 Å². The van der Waals surface area contributed by atoms with Crippen molar-refractivity contribution in [2.45, 2.75) is 30.6 Å². The predicted octanol–water partition coefficient (Wildman–Crippen LogP) is 1.20. The van der Waals surface area contributed by atoms with Gasteiger partial charge in [0, 0.05) is 32.0 Å². The van der Waals surface area contributed by atoms with Crippen molar-refractivity contribution in [1.82, 2.24) is 9.97 Å². The fourth-order valence-corrected chi connectivity index (χ4v) is 5.12. The number of ether oxygens (including phenoxy) is 2. The summed E-state index contributed by atoms with van der Waals surface area (Å²) in [5.74, 6) is 1.51. The number of nitrogens with zero attached hydrogens (tertiary/aromatic N) is 4. The standard InChI is InChI=1S/C17H27N5O3S/c1-13-12-25-10-7-22(13)15-11-14(17(3-4-17)26(2,18)23)19-16(20-15)21-5-8-24-9-6-21/h11,13,18H,3-10,12H2,1-2H3/t13-,26-/m1/s1. The van der Waals surface area contributed by atoms with Gasteiger partial charge in [-0.1, -0.05) is 0 Å². The van der Waals surface area contributed by atoms with Gasteiger partial charge in [-0.15, -0.1) is 0 Å². The minimum Gasteiger partial charge on any atom is -0.378 e. The monoisotopic (exact) mass is 381 g/mol. The molecule has 0 bridgehead atoms. The fraction of sp³-hybridized carbons (Fsp3) is 0.765. The van der Waals surface area contributed by atoms with Crippen LogP contribution in [-0.2, 0) is 23.9 Å². The number of nitrogens with one attached hydrogen (secondary N) is 1. The van der Waals surface area contributed by atoms with E-state index in [0.29, 0.717) is 32.4 Å². The number of morpholine rings is 2. The van der Waals surface area contributed by atoms with Gasteiger partial charge in [-0.2, -0.15) is 4.98 Å². The summed E-state index contributed by atoms with van der Waals surface area (Å²) >= 11 is 0. The summed E-state index contributed by atoms with van der Waals surface area (Å²) in [6.07, 6.45) is 3.04. The highest BCUT2D eigenvalue weighted by Gasteiger charge is 2.53. The van der Waals surface area contributed by atoms with Gasteiger partial charge in [0.2, 0.25) is 5.95 Å². The molecule has 3 heterocycles. The number of hydrogen-bond acceptors (Lipinski definition) is 8. The summed E-state index contributed by atoms with van der Waals surface area (Å²) < 4.78 is 31.2. The zero-order valence-electron chi connectivity index (χ0n) is 15.4. The third kappa shape index (κ3) is 3.16. The van der Waals surface area contributed by atoms with Crippen molar-refractivity contribution >= 4 is 21.5 Å². The van der Waals surface area contributed by atoms with E-state index >= 15 is 0 Å². The maximum Gasteiger partial charge on any atom is 0.227 e. The van der Waals surface area contributed by atoms with Gasteiger partial charge in [-0.25, -0.2) is 9.19 Å². The molecule has 3 fully saturated rings. The van der Waals surface area contributed by atoms with Gasteiger partial charge in [0.25, 0.3) is 0 Å². The van der Waals surface area contributed by atoms with E-state index in [1.165, 1.54) is 6.26 Å². The molecule has 144 valence electrons. The van der Waals surface area contributed by atoms with E-state index in [1.807, 2.05) is 6.07 Å². The normalized spacial score (nSPS) is 27.8. The Bertz CT molecular complexity index is 775. The van der Waals surface area contributed by atoms with E-state index in [0.717, 1.165) is 44.0 Å². The highest BCUT2D eigenvalue weighted by molar-refractivity contribution is 7.92. The summed E-state index contributed by atoms with van der Waals surface area (Å²) in [5.41, 5.74) is 0.755. The Balaban J connectivity index is 1.77. The van der Waals surface area contributed by atoms with Crippen molar-refractivity contribution in [2.75, 3.05) is 62.1 Å². The van der Waals surface area contributed by atoms with Crippen LogP contribution in [0.2, 0.25) is 0 Å². The lowest BCUT2D eigenvalue weighted by Gasteiger charge is -2.35. The van der Waals surface area contributed by atoms with E-state index in [9.17, 15) is 4.21 Å². The Kier molecular flexibility index (Phi) is 4.56. The lowest BCUT2D eigenvalue weighted by Crippen LogP contribution is -2.45. The second kappa shape index (κ2) is 6.61. The van der Waals surface area contributed by atoms with E-state index in [4.69, 9.17) is 24.2 Å². The number of hydrogen-bond donors (Lipinski definition) is 1. The summed E-state index contributed by atoms with van der Waals surface area (Å²) in [6, 6.07) is 2.18. The zero-order valence-corrected chi connectivity index (χ0v) is 16.3. The van der Waals surface area contributed by atoms with Crippen LogP contribution in [0.15, 0.2) is 6.07 Å². The molecular weight excluding hydrogens is 354 g/mol. The fourth-order valence-electron chi connectivity index (χ4n) is 3.73. The van der Waals surface area contributed by atoms with Crippen LogP contribution >= 0.6 is 0 Å². The van der Waals surface area contributed by atoms with Crippen molar-refractivity contribution in [3.05, 3.63) is 11.8 Å². The first kappa shape index (κ1) is 17.9. The van der Waals surface area contributed by atoms with Crippen LogP contribution in [-0.4, -0.2) is 72.5 Å². The van der Waals surface area contributed by atoms with Gasteiger partial charge in [0.15, 0.2) is 0 Å². The van der Waals surface area contributed by atoms with Crippen LogP contribution in [0.1, 0.15) is 25.5 Å². The van der Waals surface area contributed by atoms with Crippen LogP contribution in [0.25, 0.3) is 0 Å². The summed E-state index contributed by atoms with van der Waals surface area (Å²) in [5, 5.41) is 0. The molecule has 0 amide bonds. The van der Waals surface area contributed by atoms with Gasteiger partial charge in [-0.3, -0.25) is 4.78 Å². The van der Waals surface area contributed by atoms with Gasteiger partial charge in [0.05, 0.1) is 52.6 Å². The van der Waals surface area contributed by atoms with Crippen LogP contribution in [0, 0.1) is 4.78 Å². The molecule has 1 aliphatic carbocycles. The van der Waals surface area contributed by atoms with Crippen LogP contribution in [0.4, 0.5) is 11.8 Å². The average Bonchev–Trinajstić information content (AvgIpc) is 3.44. The Morgan fingerprint density at radius 1 is 1.19 bits per heavy atom. The van der Waals surface area contributed by atoms with Crippen molar-refractivity contribution in [3.63, 3.8) is 0 Å². The number of aromatic nitrogens is 2. The Morgan fingerprint density at radius 3 is 2.50 bits per heavy atom.